The summed E-state index contributed by atoms with van der Waals surface area (Å²) in [5.74, 6) is 0. The molecule has 1 aromatic carbocycles. The number of rotatable bonds is 5. The maximum absolute atomic E-state index is 12.3. The molecule has 0 fully saturated rings. The summed E-state index contributed by atoms with van der Waals surface area (Å²) in [5, 5.41) is 4.12. The van der Waals surface area contributed by atoms with Gasteiger partial charge in [0.1, 0.15) is 5.01 Å². The van der Waals surface area contributed by atoms with Gasteiger partial charge in [0.2, 0.25) is 0 Å². The van der Waals surface area contributed by atoms with Crippen LogP contribution in [0.25, 0.3) is 10.6 Å². The van der Waals surface area contributed by atoms with E-state index in [0.717, 1.165) is 22.0 Å². The number of nitrogens with one attached hydrogen (secondary N) is 1. The number of thiazole rings is 1. The Morgan fingerprint density at radius 1 is 1.24 bits per heavy atom. The molecular formula is C14H15F3N2S2. The molecule has 1 aromatic heterocycles. The van der Waals surface area contributed by atoms with Crippen molar-refractivity contribution in [2.45, 2.75) is 36.8 Å². The van der Waals surface area contributed by atoms with E-state index in [4.69, 9.17) is 0 Å². The maximum atomic E-state index is 12.3. The zero-order valence-electron chi connectivity index (χ0n) is 11.6. The topological polar surface area (TPSA) is 24.9 Å². The molecule has 0 aliphatic rings. The number of alkyl halides is 3. The van der Waals surface area contributed by atoms with Gasteiger partial charge < -0.3 is 5.32 Å². The first-order valence-electron chi connectivity index (χ1n) is 6.38. The van der Waals surface area contributed by atoms with E-state index in [1.807, 2.05) is 0 Å². The van der Waals surface area contributed by atoms with Crippen LogP contribution in [0.2, 0.25) is 0 Å². The Hall–Kier alpha value is -1.05. The molecule has 2 rings (SSSR count). The average molecular weight is 332 g/mol. The Balaban J connectivity index is 2.05. The molecule has 7 heteroatoms. The summed E-state index contributed by atoms with van der Waals surface area (Å²) in [6.45, 7) is 4.88. The van der Waals surface area contributed by atoms with Crippen molar-refractivity contribution in [2.24, 2.45) is 0 Å². The highest BCUT2D eigenvalue weighted by atomic mass is 32.2. The zero-order valence-corrected chi connectivity index (χ0v) is 13.2. The fourth-order valence-corrected chi connectivity index (χ4v) is 3.03. The highest BCUT2D eigenvalue weighted by Crippen LogP contribution is 2.37. The molecule has 0 amide bonds. The van der Waals surface area contributed by atoms with Crippen LogP contribution < -0.4 is 5.32 Å². The van der Waals surface area contributed by atoms with Crippen molar-refractivity contribution in [1.82, 2.24) is 10.3 Å². The predicted octanol–water partition coefficient (Wildman–Crippen LogP) is 4.92. The van der Waals surface area contributed by atoms with Gasteiger partial charge in [-0.15, -0.1) is 11.3 Å². The molecule has 0 atom stereocenters. The summed E-state index contributed by atoms with van der Waals surface area (Å²) in [6.07, 6.45) is 1.80. The van der Waals surface area contributed by atoms with Gasteiger partial charge in [-0.25, -0.2) is 4.98 Å². The SMILES string of the molecule is CC(C)NCc1cnc(-c2ccc(SC(F)(F)F)cc2)s1. The van der Waals surface area contributed by atoms with Crippen molar-refractivity contribution < 1.29 is 13.2 Å². The van der Waals surface area contributed by atoms with Gasteiger partial charge in [-0.2, -0.15) is 13.2 Å². The molecule has 0 saturated carbocycles. The van der Waals surface area contributed by atoms with Gasteiger partial charge in [0.15, 0.2) is 0 Å². The molecule has 21 heavy (non-hydrogen) atoms. The summed E-state index contributed by atoms with van der Waals surface area (Å²) < 4.78 is 36.8. The Morgan fingerprint density at radius 2 is 1.90 bits per heavy atom. The monoisotopic (exact) mass is 332 g/mol. The summed E-state index contributed by atoms with van der Waals surface area (Å²) in [6, 6.07) is 6.69. The van der Waals surface area contributed by atoms with Crippen molar-refractivity contribution in [3.05, 3.63) is 35.3 Å². The molecule has 0 unspecified atom stereocenters. The van der Waals surface area contributed by atoms with Gasteiger partial charge in [-0.3, -0.25) is 0 Å². The molecule has 114 valence electrons. The van der Waals surface area contributed by atoms with Gasteiger partial charge >= 0.3 is 5.51 Å². The minimum atomic E-state index is -4.25. The minimum absolute atomic E-state index is 0.106. The highest BCUT2D eigenvalue weighted by Gasteiger charge is 2.29. The number of thioether (sulfide) groups is 1. The largest absolute Gasteiger partial charge is 0.446 e. The Labute approximate surface area is 129 Å². The molecule has 2 aromatic rings. The van der Waals surface area contributed by atoms with Crippen LogP contribution in [0.5, 0.6) is 0 Å². The van der Waals surface area contributed by atoms with Crippen LogP contribution in [0.3, 0.4) is 0 Å². The van der Waals surface area contributed by atoms with Gasteiger partial charge in [0, 0.05) is 34.1 Å². The van der Waals surface area contributed by atoms with E-state index < -0.39 is 5.51 Å². The van der Waals surface area contributed by atoms with E-state index in [2.05, 4.69) is 24.1 Å². The average Bonchev–Trinajstić information content (AvgIpc) is 2.84. The smallest absolute Gasteiger partial charge is 0.310 e. The fraction of sp³-hybridized carbons (Fsp3) is 0.357. The van der Waals surface area contributed by atoms with E-state index in [9.17, 15) is 13.2 Å². The molecule has 1 heterocycles. The van der Waals surface area contributed by atoms with Crippen molar-refractivity contribution in [3.8, 4) is 10.6 Å². The van der Waals surface area contributed by atoms with E-state index in [1.165, 1.54) is 12.1 Å². The van der Waals surface area contributed by atoms with Crippen LogP contribution in [0.1, 0.15) is 18.7 Å². The minimum Gasteiger partial charge on any atom is -0.310 e. The summed E-state index contributed by atoms with van der Waals surface area (Å²) >= 11 is 1.44. The molecule has 1 N–H and O–H groups in total. The zero-order chi connectivity index (χ0) is 15.5. The summed E-state index contributed by atoms with van der Waals surface area (Å²) in [5.41, 5.74) is -3.42. The third-order valence-electron chi connectivity index (χ3n) is 2.57. The van der Waals surface area contributed by atoms with Crippen LogP contribution in [-0.2, 0) is 6.54 Å². The third kappa shape index (κ3) is 5.33. The number of halogens is 3. The summed E-state index contributed by atoms with van der Waals surface area (Å²) in [7, 11) is 0. The van der Waals surface area contributed by atoms with Crippen molar-refractivity contribution >= 4 is 23.1 Å². The lowest BCUT2D eigenvalue weighted by Crippen LogP contribution is -2.21. The van der Waals surface area contributed by atoms with Gasteiger partial charge in [-0.05, 0) is 23.9 Å². The van der Waals surface area contributed by atoms with Crippen LogP contribution in [-0.4, -0.2) is 16.5 Å². The molecule has 0 radical (unpaired) electrons. The van der Waals surface area contributed by atoms with Gasteiger partial charge in [0.25, 0.3) is 0 Å². The standard InChI is InChI=1S/C14H15F3N2S2/c1-9(2)18-7-12-8-19-13(20-12)10-3-5-11(6-4-10)21-14(15,16)17/h3-6,8-9,18H,7H2,1-2H3. The predicted molar refractivity (Wildman–Crippen MR) is 81.4 cm³/mol. The lowest BCUT2D eigenvalue weighted by Gasteiger charge is -2.05. The second-order valence-corrected chi connectivity index (χ2v) is 6.99. The van der Waals surface area contributed by atoms with Crippen LogP contribution in [0, 0.1) is 0 Å². The lowest BCUT2D eigenvalue weighted by molar-refractivity contribution is -0.0328. The van der Waals surface area contributed by atoms with Gasteiger partial charge in [0.05, 0.1) is 0 Å². The quantitative estimate of drug-likeness (QED) is 0.787. The molecule has 2 nitrogen and oxygen atoms in total. The molecule has 0 aliphatic heterocycles. The number of nitrogens with zero attached hydrogens (tertiary/aromatic N) is 1. The first-order chi connectivity index (χ1) is 9.83. The third-order valence-corrected chi connectivity index (χ3v) is 4.36. The van der Waals surface area contributed by atoms with Crippen LogP contribution in [0.4, 0.5) is 13.2 Å². The fourth-order valence-electron chi connectivity index (χ4n) is 1.63. The van der Waals surface area contributed by atoms with E-state index in [1.54, 1.807) is 29.7 Å². The second kappa shape index (κ2) is 6.81. The number of hydrogen-bond acceptors (Lipinski definition) is 4. The van der Waals surface area contributed by atoms with Crippen molar-refractivity contribution in [3.63, 3.8) is 0 Å². The number of benzene rings is 1. The summed E-state index contributed by atoms with van der Waals surface area (Å²) in [4.78, 5) is 5.61. The van der Waals surface area contributed by atoms with E-state index in [-0.39, 0.29) is 16.7 Å². The van der Waals surface area contributed by atoms with Crippen LogP contribution in [0.15, 0.2) is 35.4 Å². The molecule has 0 bridgehead atoms. The van der Waals surface area contributed by atoms with E-state index in [0.29, 0.717) is 6.04 Å². The Kier molecular flexibility index (Phi) is 5.29. The number of hydrogen-bond donors (Lipinski definition) is 1. The second-order valence-electron chi connectivity index (χ2n) is 4.74. The van der Waals surface area contributed by atoms with Crippen molar-refractivity contribution in [2.75, 3.05) is 0 Å². The first kappa shape index (κ1) is 16.3. The maximum Gasteiger partial charge on any atom is 0.446 e. The van der Waals surface area contributed by atoms with E-state index >= 15 is 0 Å². The molecule has 0 aliphatic carbocycles. The Morgan fingerprint density at radius 3 is 2.48 bits per heavy atom. The highest BCUT2D eigenvalue weighted by molar-refractivity contribution is 8.00. The normalized spacial score (nSPS) is 12.1. The lowest BCUT2D eigenvalue weighted by atomic mass is 10.2. The number of aromatic nitrogens is 1. The van der Waals surface area contributed by atoms with Gasteiger partial charge in [-0.1, -0.05) is 26.0 Å². The van der Waals surface area contributed by atoms with Crippen LogP contribution >= 0.6 is 23.1 Å². The Bertz CT molecular complexity index is 577. The molecule has 0 saturated heterocycles. The molecular weight excluding hydrogens is 317 g/mol. The van der Waals surface area contributed by atoms with Crippen molar-refractivity contribution in [1.29, 1.82) is 0 Å². The first-order valence-corrected chi connectivity index (χ1v) is 8.01. The molecule has 0 spiro atoms.